The molecule has 0 saturated heterocycles. The fourth-order valence-electron chi connectivity index (χ4n) is 1.84. The molecule has 3 nitrogen and oxygen atoms in total. The second kappa shape index (κ2) is 6.43. The van der Waals surface area contributed by atoms with E-state index in [1.165, 1.54) is 24.5 Å². The maximum Gasteiger partial charge on any atom is 0.252 e. The highest BCUT2D eigenvalue weighted by molar-refractivity contribution is 5.95. The third-order valence-corrected chi connectivity index (χ3v) is 2.87. The summed E-state index contributed by atoms with van der Waals surface area (Å²) in [6, 6.07) is 4.78. The quantitative estimate of drug-likeness (QED) is 0.937. The van der Waals surface area contributed by atoms with Gasteiger partial charge in [-0.2, -0.15) is 0 Å². The van der Waals surface area contributed by atoms with Gasteiger partial charge in [-0.1, -0.05) is 13.8 Å². The van der Waals surface area contributed by atoms with Gasteiger partial charge in [0, 0.05) is 30.6 Å². The zero-order valence-electron chi connectivity index (χ0n) is 11.9. The first-order valence-electron chi connectivity index (χ1n) is 6.65. The second-order valence-corrected chi connectivity index (χ2v) is 5.22. The fraction of sp³-hybridized carbons (Fsp3) is 0.250. The van der Waals surface area contributed by atoms with Crippen molar-refractivity contribution in [2.75, 3.05) is 6.54 Å². The summed E-state index contributed by atoms with van der Waals surface area (Å²) in [4.78, 5) is 15.9. The number of benzene rings is 1. The summed E-state index contributed by atoms with van der Waals surface area (Å²) in [6.45, 7) is 4.53. The van der Waals surface area contributed by atoms with Gasteiger partial charge >= 0.3 is 0 Å². The van der Waals surface area contributed by atoms with Crippen LogP contribution in [-0.4, -0.2) is 17.4 Å². The molecule has 0 fully saturated rings. The van der Waals surface area contributed by atoms with Gasteiger partial charge in [0.25, 0.3) is 5.91 Å². The largest absolute Gasteiger partial charge is 0.352 e. The Morgan fingerprint density at radius 1 is 1.10 bits per heavy atom. The molecule has 0 unspecified atom stereocenters. The summed E-state index contributed by atoms with van der Waals surface area (Å²) in [5.74, 6) is -1.25. The van der Waals surface area contributed by atoms with E-state index in [-0.39, 0.29) is 5.91 Å². The summed E-state index contributed by atoms with van der Waals surface area (Å²) in [7, 11) is 0. The number of carbonyl (C=O) groups is 1. The van der Waals surface area contributed by atoms with Gasteiger partial charge in [-0.25, -0.2) is 8.78 Å². The number of nitrogens with zero attached hydrogens (tertiary/aromatic N) is 1. The first-order chi connectivity index (χ1) is 9.95. The maximum atomic E-state index is 13.2. The van der Waals surface area contributed by atoms with Crippen molar-refractivity contribution in [3.8, 4) is 11.1 Å². The van der Waals surface area contributed by atoms with Crippen LogP contribution in [0.25, 0.3) is 11.1 Å². The Kier molecular flexibility index (Phi) is 4.62. The van der Waals surface area contributed by atoms with Crippen molar-refractivity contribution in [1.82, 2.24) is 10.3 Å². The topological polar surface area (TPSA) is 42.0 Å². The Morgan fingerprint density at radius 2 is 1.76 bits per heavy atom. The number of pyridine rings is 1. The number of amides is 1. The first kappa shape index (κ1) is 15.1. The number of aromatic nitrogens is 1. The third kappa shape index (κ3) is 4.08. The lowest BCUT2D eigenvalue weighted by Crippen LogP contribution is -2.27. The summed E-state index contributed by atoms with van der Waals surface area (Å²) in [5, 5.41) is 2.77. The Morgan fingerprint density at radius 3 is 2.38 bits per heavy atom. The molecule has 0 saturated carbocycles. The molecule has 0 aliphatic carbocycles. The molecule has 5 heteroatoms. The van der Waals surface area contributed by atoms with E-state index in [0.717, 1.165) is 6.07 Å². The minimum absolute atomic E-state index is 0.255. The number of halogens is 2. The van der Waals surface area contributed by atoms with Gasteiger partial charge < -0.3 is 5.32 Å². The number of hydrogen-bond donors (Lipinski definition) is 1. The molecule has 21 heavy (non-hydrogen) atoms. The molecule has 1 aromatic heterocycles. The van der Waals surface area contributed by atoms with E-state index >= 15 is 0 Å². The van der Waals surface area contributed by atoms with Crippen LogP contribution in [0.5, 0.6) is 0 Å². The monoisotopic (exact) mass is 290 g/mol. The molecular weight excluding hydrogens is 274 g/mol. The normalized spacial score (nSPS) is 10.7. The van der Waals surface area contributed by atoms with Gasteiger partial charge in [0.05, 0.1) is 5.56 Å². The van der Waals surface area contributed by atoms with E-state index in [1.54, 1.807) is 6.07 Å². The average Bonchev–Trinajstić information content (AvgIpc) is 2.44. The molecule has 0 atom stereocenters. The molecule has 1 N–H and O–H groups in total. The third-order valence-electron chi connectivity index (χ3n) is 2.87. The van der Waals surface area contributed by atoms with Crippen molar-refractivity contribution >= 4 is 5.91 Å². The second-order valence-electron chi connectivity index (χ2n) is 5.22. The van der Waals surface area contributed by atoms with Gasteiger partial charge in [0.1, 0.15) is 11.6 Å². The van der Waals surface area contributed by atoms with Crippen LogP contribution in [0, 0.1) is 17.6 Å². The maximum absolute atomic E-state index is 13.2. The van der Waals surface area contributed by atoms with E-state index in [4.69, 9.17) is 0 Å². The van der Waals surface area contributed by atoms with Crippen molar-refractivity contribution in [2.24, 2.45) is 5.92 Å². The lowest BCUT2D eigenvalue weighted by Gasteiger charge is -2.08. The molecule has 2 aromatic rings. The van der Waals surface area contributed by atoms with Gasteiger partial charge in [-0.3, -0.25) is 9.78 Å². The minimum atomic E-state index is -0.667. The lowest BCUT2D eigenvalue weighted by atomic mass is 10.1. The number of rotatable bonds is 4. The fourth-order valence-corrected chi connectivity index (χ4v) is 1.84. The molecule has 0 radical (unpaired) electrons. The summed E-state index contributed by atoms with van der Waals surface area (Å²) in [5.41, 5.74) is 1.20. The van der Waals surface area contributed by atoms with Gasteiger partial charge in [0.2, 0.25) is 0 Å². The van der Waals surface area contributed by atoms with Crippen molar-refractivity contribution in [1.29, 1.82) is 0 Å². The van der Waals surface area contributed by atoms with Gasteiger partial charge in [0.15, 0.2) is 0 Å². The minimum Gasteiger partial charge on any atom is -0.352 e. The highest BCUT2D eigenvalue weighted by atomic mass is 19.1. The first-order valence-corrected chi connectivity index (χ1v) is 6.65. The molecule has 110 valence electrons. The van der Waals surface area contributed by atoms with Gasteiger partial charge in [-0.05, 0) is 29.7 Å². The molecule has 1 heterocycles. The van der Waals surface area contributed by atoms with Crippen molar-refractivity contribution < 1.29 is 13.6 Å². The SMILES string of the molecule is CC(C)CNC(=O)c1cncc(-c2cc(F)cc(F)c2)c1. The Bertz CT molecular complexity index is 636. The van der Waals surface area contributed by atoms with Crippen LogP contribution in [-0.2, 0) is 0 Å². The highest BCUT2D eigenvalue weighted by Gasteiger charge is 2.09. The summed E-state index contributed by atoms with van der Waals surface area (Å²) >= 11 is 0. The summed E-state index contributed by atoms with van der Waals surface area (Å²) in [6.07, 6.45) is 2.89. The summed E-state index contributed by atoms with van der Waals surface area (Å²) < 4.78 is 26.5. The number of nitrogens with one attached hydrogen (secondary N) is 1. The van der Waals surface area contributed by atoms with Crippen LogP contribution in [0.15, 0.2) is 36.7 Å². The van der Waals surface area contributed by atoms with E-state index < -0.39 is 11.6 Å². The molecule has 0 bridgehead atoms. The number of hydrogen-bond acceptors (Lipinski definition) is 2. The molecule has 0 aliphatic rings. The Labute approximate surface area is 122 Å². The van der Waals surface area contributed by atoms with Crippen LogP contribution in [0.1, 0.15) is 24.2 Å². The highest BCUT2D eigenvalue weighted by Crippen LogP contribution is 2.21. The molecule has 0 aliphatic heterocycles. The van der Waals surface area contributed by atoms with Crippen molar-refractivity contribution in [3.05, 3.63) is 53.9 Å². The van der Waals surface area contributed by atoms with Crippen LogP contribution in [0.3, 0.4) is 0 Å². The molecule has 2 rings (SSSR count). The standard InChI is InChI=1S/C16H16F2N2O/c1-10(2)7-20-16(21)13-3-12(8-19-9-13)11-4-14(17)6-15(18)5-11/h3-6,8-10H,7H2,1-2H3,(H,20,21). The van der Waals surface area contributed by atoms with Crippen LogP contribution in [0.4, 0.5) is 8.78 Å². The van der Waals surface area contributed by atoms with Crippen LogP contribution in [0.2, 0.25) is 0 Å². The van der Waals surface area contributed by atoms with Crippen LogP contribution < -0.4 is 5.32 Å². The van der Waals surface area contributed by atoms with E-state index in [1.807, 2.05) is 13.8 Å². The van der Waals surface area contributed by atoms with Crippen molar-refractivity contribution in [2.45, 2.75) is 13.8 Å². The van der Waals surface area contributed by atoms with E-state index in [0.29, 0.717) is 29.2 Å². The molecule has 1 amide bonds. The predicted octanol–water partition coefficient (Wildman–Crippen LogP) is 3.41. The Hall–Kier alpha value is -2.30. The lowest BCUT2D eigenvalue weighted by molar-refractivity contribution is 0.0948. The zero-order chi connectivity index (χ0) is 15.4. The molecule has 0 spiro atoms. The molecule has 1 aromatic carbocycles. The van der Waals surface area contributed by atoms with E-state index in [9.17, 15) is 13.6 Å². The predicted molar refractivity (Wildman–Crippen MR) is 76.8 cm³/mol. The average molecular weight is 290 g/mol. The number of carbonyl (C=O) groups excluding carboxylic acids is 1. The molecular formula is C16H16F2N2O. The van der Waals surface area contributed by atoms with E-state index in [2.05, 4.69) is 10.3 Å². The Balaban J connectivity index is 2.27. The smallest absolute Gasteiger partial charge is 0.252 e. The van der Waals surface area contributed by atoms with Gasteiger partial charge in [-0.15, -0.1) is 0 Å². The zero-order valence-corrected chi connectivity index (χ0v) is 11.9. The van der Waals surface area contributed by atoms with Crippen molar-refractivity contribution in [3.63, 3.8) is 0 Å². The van der Waals surface area contributed by atoms with Crippen LogP contribution >= 0.6 is 0 Å².